The van der Waals surface area contributed by atoms with Crippen LogP contribution in [0.2, 0.25) is 0 Å². The lowest BCUT2D eigenvalue weighted by Crippen LogP contribution is -2.29. The fourth-order valence-electron chi connectivity index (χ4n) is 3.11. The Bertz CT molecular complexity index is 1130. The molecule has 33 heavy (non-hydrogen) atoms. The lowest BCUT2D eigenvalue weighted by molar-refractivity contribution is -0.134. The Morgan fingerprint density at radius 1 is 1.18 bits per heavy atom. The third-order valence-electron chi connectivity index (χ3n) is 4.95. The number of methoxy groups -OCH3 is 1. The largest absolute Gasteiger partial charge is 0.493 e. The molecule has 3 rings (SSSR count). The van der Waals surface area contributed by atoms with E-state index in [1.807, 2.05) is 31.2 Å². The molecule has 0 saturated heterocycles. The molecule has 2 aromatic heterocycles. The van der Waals surface area contributed by atoms with E-state index < -0.39 is 17.9 Å². The second kappa shape index (κ2) is 10.7. The van der Waals surface area contributed by atoms with Gasteiger partial charge in [-0.2, -0.15) is 4.98 Å². The van der Waals surface area contributed by atoms with Crippen LogP contribution < -0.4 is 14.8 Å². The summed E-state index contributed by atoms with van der Waals surface area (Å²) in [6.45, 7) is 7.79. The Balaban J connectivity index is 1.79. The molecule has 0 unspecified atom stereocenters. The molecule has 0 bridgehead atoms. The Morgan fingerprint density at radius 3 is 2.67 bits per heavy atom. The molecule has 9 heteroatoms. The number of ether oxygens (including phenoxy) is 2. The van der Waals surface area contributed by atoms with Crippen LogP contribution in [0.1, 0.15) is 74.4 Å². The van der Waals surface area contributed by atoms with Gasteiger partial charge in [-0.15, -0.1) is 0 Å². The zero-order chi connectivity index (χ0) is 24.0. The fraction of sp³-hybridized carbons (Fsp3) is 0.375. The number of hydrogen-bond donors (Lipinski definition) is 1. The zero-order valence-electron chi connectivity index (χ0n) is 19.4. The molecule has 0 aliphatic heterocycles. The van der Waals surface area contributed by atoms with Gasteiger partial charge >= 0.3 is 5.97 Å². The van der Waals surface area contributed by atoms with Crippen molar-refractivity contribution < 1.29 is 23.6 Å². The lowest BCUT2D eigenvalue weighted by Gasteiger charge is -2.14. The van der Waals surface area contributed by atoms with Crippen molar-refractivity contribution in [2.24, 2.45) is 0 Å². The Kier molecular flexibility index (Phi) is 7.76. The van der Waals surface area contributed by atoms with Crippen molar-refractivity contribution in [2.75, 3.05) is 7.11 Å². The highest BCUT2D eigenvalue weighted by molar-refractivity contribution is 5.96. The van der Waals surface area contributed by atoms with E-state index in [0.717, 1.165) is 11.1 Å². The molecule has 1 N–H and O–H groups in total. The van der Waals surface area contributed by atoms with E-state index in [9.17, 15) is 9.59 Å². The number of hydrogen-bond acceptors (Lipinski definition) is 8. The first-order chi connectivity index (χ1) is 15.8. The van der Waals surface area contributed by atoms with Gasteiger partial charge in [0.15, 0.2) is 17.3 Å². The first kappa shape index (κ1) is 23.9. The minimum absolute atomic E-state index is 0.0255. The summed E-state index contributed by atoms with van der Waals surface area (Å²) in [5.74, 6) is 0.206. The van der Waals surface area contributed by atoms with Gasteiger partial charge in [-0.1, -0.05) is 38.1 Å². The summed E-state index contributed by atoms with van der Waals surface area (Å²) < 4.78 is 16.0. The molecule has 0 aliphatic carbocycles. The minimum atomic E-state index is -0.588. The van der Waals surface area contributed by atoms with Gasteiger partial charge in [-0.05, 0) is 37.0 Å². The molecule has 0 radical (unpaired) electrons. The standard InChI is InChI=1S/C24H28N4O5/c1-6-8-19(29)32-21-18(31-5)11-12-25-20(21)23(30)26-15(4)22-27-24(33-28-22)17-10-7-9-16(13-17)14(2)3/h7,9-15H,6,8H2,1-5H3,(H,26,30)/t15-/m0/s1. The molecular weight excluding hydrogens is 424 g/mol. The van der Waals surface area contributed by atoms with Crippen LogP contribution in [0.25, 0.3) is 11.5 Å². The zero-order valence-corrected chi connectivity index (χ0v) is 19.4. The summed E-state index contributed by atoms with van der Waals surface area (Å²) >= 11 is 0. The summed E-state index contributed by atoms with van der Waals surface area (Å²) in [7, 11) is 1.42. The van der Waals surface area contributed by atoms with E-state index in [-0.39, 0.29) is 23.6 Å². The number of amides is 1. The van der Waals surface area contributed by atoms with E-state index in [0.29, 0.717) is 24.1 Å². The molecule has 2 heterocycles. The maximum atomic E-state index is 12.9. The number of pyridine rings is 1. The smallest absolute Gasteiger partial charge is 0.311 e. The molecule has 0 spiro atoms. The monoisotopic (exact) mass is 452 g/mol. The van der Waals surface area contributed by atoms with E-state index in [4.69, 9.17) is 14.0 Å². The van der Waals surface area contributed by atoms with Gasteiger partial charge in [0, 0.05) is 24.2 Å². The predicted octanol–water partition coefficient (Wildman–Crippen LogP) is 4.46. The molecular formula is C24H28N4O5. The average Bonchev–Trinajstić information content (AvgIpc) is 3.30. The molecule has 1 amide bonds. The van der Waals surface area contributed by atoms with E-state index in [2.05, 4.69) is 34.3 Å². The first-order valence-electron chi connectivity index (χ1n) is 10.8. The number of nitrogens with zero attached hydrogens (tertiary/aromatic N) is 3. The van der Waals surface area contributed by atoms with Crippen LogP contribution >= 0.6 is 0 Å². The van der Waals surface area contributed by atoms with E-state index in [1.165, 1.54) is 19.4 Å². The summed E-state index contributed by atoms with van der Waals surface area (Å²) in [6, 6.07) is 8.81. The van der Waals surface area contributed by atoms with Gasteiger partial charge in [0.25, 0.3) is 11.8 Å². The SMILES string of the molecule is CCCC(=O)Oc1c(OC)ccnc1C(=O)N[C@@H](C)c1noc(-c2cccc(C(C)C)c2)n1. The molecule has 0 aliphatic rings. The minimum Gasteiger partial charge on any atom is -0.493 e. The van der Waals surface area contributed by atoms with Crippen molar-refractivity contribution in [3.8, 4) is 23.0 Å². The molecule has 174 valence electrons. The third-order valence-corrected chi connectivity index (χ3v) is 4.95. The maximum Gasteiger partial charge on any atom is 0.311 e. The average molecular weight is 453 g/mol. The topological polar surface area (TPSA) is 116 Å². The van der Waals surface area contributed by atoms with Crippen molar-refractivity contribution >= 4 is 11.9 Å². The van der Waals surface area contributed by atoms with Gasteiger partial charge in [0.05, 0.1) is 13.2 Å². The molecule has 1 atom stereocenters. The van der Waals surface area contributed by atoms with Crippen molar-refractivity contribution in [2.45, 2.75) is 52.5 Å². The van der Waals surface area contributed by atoms with E-state index >= 15 is 0 Å². The van der Waals surface area contributed by atoms with Gasteiger partial charge in [-0.3, -0.25) is 9.59 Å². The number of nitrogens with one attached hydrogen (secondary N) is 1. The molecule has 0 saturated carbocycles. The molecule has 1 aromatic carbocycles. The maximum absolute atomic E-state index is 12.9. The van der Waals surface area contributed by atoms with Crippen molar-refractivity contribution in [3.63, 3.8) is 0 Å². The highest BCUT2D eigenvalue weighted by Crippen LogP contribution is 2.30. The molecule has 9 nitrogen and oxygen atoms in total. The quantitative estimate of drug-likeness (QED) is 0.473. The fourth-order valence-corrected chi connectivity index (χ4v) is 3.11. The summed E-state index contributed by atoms with van der Waals surface area (Å²) in [6.07, 6.45) is 2.23. The third kappa shape index (κ3) is 5.74. The number of aromatic nitrogens is 3. The number of rotatable bonds is 9. The Hall–Kier alpha value is -3.75. The van der Waals surface area contributed by atoms with E-state index in [1.54, 1.807) is 6.92 Å². The highest BCUT2D eigenvalue weighted by Gasteiger charge is 2.24. The second-order valence-electron chi connectivity index (χ2n) is 7.85. The van der Waals surface area contributed by atoms with Crippen molar-refractivity contribution in [1.29, 1.82) is 0 Å². The van der Waals surface area contributed by atoms with Crippen LogP contribution in [-0.2, 0) is 4.79 Å². The van der Waals surface area contributed by atoms with Crippen LogP contribution in [0, 0.1) is 0 Å². The van der Waals surface area contributed by atoms with Crippen LogP contribution in [0.5, 0.6) is 11.5 Å². The molecule has 0 fully saturated rings. The summed E-state index contributed by atoms with van der Waals surface area (Å²) in [5.41, 5.74) is 1.89. The van der Waals surface area contributed by atoms with Gasteiger partial charge in [0.1, 0.15) is 0 Å². The highest BCUT2D eigenvalue weighted by atomic mass is 16.6. The Labute approximate surface area is 192 Å². The van der Waals surface area contributed by atoms with Crippen LogP contribution in [0.3, 0.4) is 0 Å². The number of benzene rings is 1. The summed E-state index contributed by atoms with van der Waals surface area (Å²) in [5, 5.41) is 6.78. The van der Waals surface area contributed by atoms with Gasteiger partial charge in [-0.25, -0.2) is 4.98 Å². The normalized spacial score (nSPS) is 11.8. The van der Waals surface area contributed by atoms with Crippen LogP contribution in [-0.4, -0.2) is 34.1 Å². The van der Waals surface area contributed by atoms with Gasteiger partial charge < -0.3 is 19.3 Å². The van der Waals surface area contributed by atoms with Gasteiger partial charge in [0.2, 0.25) is 5.75 Å². The number of carbonyl (C=O) groups is 2. The van der Waals surface area contributed by atoms with Crippen LogP contribution in [0.15, 0.2) is 41.1 Å². The second-order valence-corrected chi connectivity index (χ2v) is 7.85. The number of esters is 1. The van der Waals surface area contributed by atoms with Crippen molar-refractivity contribution in [1.82, 2.24) is 20.4 Å². The molecule has 3 aromatic rings. The summed E-state index contributed by atoms with van der Waals surface area (Å²) in [4.78, 5) is 33.5. The van der Waals surface area contributed by atoms with Crippen molar-refractivity contribution in [3.05, 3.63) is 53.6 Å². The number of carbonyl (C=O) groups excluding carboxylic acids is 2. The first-order valence-corrected chi connectivity index (χ1v) is 10.8. The lowest BCUT2D eigenvalue weighted by atomic mass is 10.0. The Morgan fingerprint density at radius 2 is 1.97 bits per heavy atom. The predicted molar refractivity (Wildman–Crippen MR) is 121 cm³/mol. The van der Waals surface area contributed by atoms with Crippen LogP contribution in [0.4, 0.5) is 0 Å².